The van der Waals surface area contributed by atoms with Gasteiger partial charge >= 0.3 is 0 Å². The van der Waals surface area contributed by atoms with Crippen LogP contribution in [0, 0.1) is 0 Å². The number of anilines is 1. The minimum absolute atomic E-state index is 0.0106. The van der Waals surface area contributed by atoms with E-state index in [1.54, 1.807) is 30.3 Å². The Kier molecular flexibility index (Phi) is 6.93. The Bertz CT molecular complexity index is 1120. The molecule has 30 heavy (non-hydrogen) atoms. The molecular weight excluding hydrogens is 394 g/mol. The molecular formula is C24H23N3O2S. The van der Waals surface area contributed by atoms with Gasteiger partial charge in [-0.05, 0) is 60.6 Å². The standard InChI is InChI=1S/C24H23N3O2S/c1-16(2)25-23(29)20-12-5-6-13-21(20)26-24(30)27-22(28)15-14-18-10-7-9-17-8-3-4-11-19(17)18/h3-16H,1-2H3,(H,25,29)(H2,26,27,28,30). The summed E-state index contributed by atoms with van der Waals surface area (Å²) in [4.78, 5) is 24.7. The maximum Gasteiger partial charge on any atom is 0.253 e. The second-order valence-corrected chi connectivity index (χ2v) is 7.43. The van der Waals surface area contributed by atoms with Crippen LogP contribution in [0.3, 0.4) is 0 Å². The van der Waals surface area contributed by atoms with Gasteiger partial charge in [-0.3, -0.25) is 14.9 Å². The van der Waals surface area contributed by atoms with Crippen molar-refractivity contribution in [2.24, 2.45) is 0 Å². The van der Waals surface area contributed by atoms with Gasteiger partial charge in [-0.15, -0.1) is 0 Å². The largest absolute Gasteiger partial charge is 0.350 e. The van der Waals surface area contributed by atoms with Crippen LogP contribution < -0.4 is 16.0 Å². The van der Waals surface area contributed by atoms with E-state index in [1.807, 2.05) is 56.3 Å². The van der Waals surface area contributed by atoms with E-state index in [4.69, 9.17) is 12.2 Å². The molecule has 3 rings (SSSR count). The van der Waals surface area contributed by atoms with Gasteiger partial charge in [0.05, 0.1) is 11.3 Å². The van der Waals surface area contributed by atoms with Crippen LogP contribution in [-0.2, 0) is 4.79 Å². The van der Waals surface area contributed by atoms with Gasteiger partial charge in [0.1, 0.15) is 0 Å². The van der Waals surface area contributed by atoms with E-state index in [0.29, 0.717) is 11.3 Å². The number of thiocarbonyl (C=S) groups is 1. The van der Waals surface area contributed by atoms with Gasteiger partial charge in [-0.1, -0.05) is 54.6 Å². The molecule has 3 aromatic rings. The topological polar surface area (TPSA) is 70.2 Å². The smallest absolute Gasteiger partial charge is 0.253 e. The molecule has 3 N–H and O–H groups in total. The first-order valence-corrected chi connectivity index (χ1v) is 10.0. The minimum atomic E-state index is -0.357. The number of carbonyl (C=O) groups is 2. The normalized spacial score (nSPS) is 10.9. The van der Waals surface area contributed by atoms with E-state index < -0.39 is 0 Å². The van der Waals surface area contributed by atoms with Crippen molar-refractivity contribution in [3.8, 4) is 0 Å². The van der Waals surface area contributed by atoms with Crippen LogP contribution in [0.5, 0.6) is 0 Å². The third kappa shape index (κ3) is 5.52. The van der Waals surface area contributed by atoms with Crippen LogP contribution in [0.4, 0.5) is 5.69 Å². The Balaban J connectivity index is 1.66. The third-order valence-electron chi connectivity index (χ3n) is 4.31. The van der Waals surface area contributed by atoms with E-state index in [2.05, 4.69) is 16.0 Å². The Morgan fingerprint density at radius 1 is 0.933 bits per heavy atom. The van der Waals surface area contributed by atoms with Crippen molar-refractivity contribution in [2.75, 3.05) is 5.32 Å². The first kappa shape index (κ1) is 21.2. The zero-order valence-corrected chi connectivity index (χ0v) is 17.6. The summed E-state index contributed by atoms with van der Waals surface area (Å²) in [5, 5.41) is 10.7. The first-order chi connectivity index (χ1) is 14.4. The van der Waals surface area contributed by atoms with Gasteiger partial charge in [0.2, 0.25) is 5.91 Å². The molecule has 2 amide bonds. The van der Waals surface area contributed by atoms with Crippen LogP contribution in [0.2, 0.25) is 0 Å². The first-order valence-electron chi connectivity index (χ1n) is 9.62. The number of para-hydroxylation sites is 1. The van der Waals surface area contributed by atoms with E-state index in [0.717, 1.165) is 16.3 Å². The van der Waals surface area contributed by atoms with Crippen LogP contribution in [0.25, 0.3) is 16.8 Å². The Hall–Kier alpha value is -3.51. The Morgan fingerprint density at radius 3 is 2.43 bits per heavy atom. The van der Waals surface area contributed by atoms with Gasteiger partial charge < -0.3 is 10.6 Å². The number of nitrogens with one attached hydrogen (secondary N) is 3. The second-order valence-electron chi connectivity index (χ2n) is 7.02. The molecule has 0 fully saturated rings. The fourth-order valence-electron chi connectivity index (χ4n) is 3.00. The highest BCUT2D eigenvalue weighted by Gasteiger charge is 2.13. The molecule has 0 radical (unpaired) electrons. The molecule has 6 heteroatoms. The average Bonchev–Trinajstić information content (AvgIpc) is 2.72. The van der Waals surface area contributed by atoms with Gasteiger partial charge in [-0.25, -0.2) is 0 Å². The molecule has 5 nitrogen and oxygen atoms in total. The summed E-state index contributed by atoms with van der Waals surface area (Å²) in [7, 11) is 0. The second kappa shape index (κ2) is 9.80. The van der Waals surface area contributed by atoms with Crippen molar-refractivity contribution in [3.63, 3.8) is 0 Å². The highest BCUT2D eigenvalue weighted by molar-refractivity contribution is 7.80. The predicted molar refractivity (Wildman–Crippen MR) is 126 cm³/mol. The number of amides is 2. The molecule has 3 aromatic carbocycles. The summed E-state index contributed by atoms with van der Waals surface area (Å²) < 4.78 is 0. The van der Waals surface area contributed by atoms with Crippen LogP contribution in [0.1, 0.15) is 29.8 Å². The molecule has 0 aromatic heterocycles. The molecule has 0 unspecified atom stereocenters. The molecule has 0 bridgehead atoms. The third-order valence-corrected chi connectivity index (χ3v) is 4.52. The zero-order valence-electron chi connectivity index (χ0n) is 16.8. The fourth-order valence-corrected chi connectivity index (χ4v) is 3.21. The molecule has 0 saturated heterocycles. The van der Waals surface area contributed by atoms with Crippen LogP contribution >= 0.6 is 12.2 Å². The van der Waals surface area contributed by atoms with Crippen molar-refractivity contribution < 1.29 is 9.59 Å². The van der Waals surface area contributed by atoms with Gasteiger partial charge in [0.15, 0.2) is 5.11 Å². The summed E-state index contributed by atoms with van der Waals surface area (Å²) in [6.07, 6.45) is 3.19. The van der Waals surface area contributed by atoms with E-state index in [1.165, 1.54) is 6.08 Å². The molecule has 0 aliphatic heterocycles. The summed E-state index contributed by atoms with van der Waals surface area (Å²) in [6.45, 7) is 3.78. The Morgan fingerprint density at radius 2 is 1.63 bits per heavy atom. The lowest BCUT2D eigenvalue weighted by molar-refractivity contribution is -0.115. The number of hydrogen-bond acceptors (Lipinski definition) is 3. The monoisotopic (exact) mass is 417 g/mol. The molecule has 152 valence electrons. The zero-order chi connectivity index (χ0) is 21.5. The quantitative estimate of drug-likeness (QED) is 0.422. The molecule has 0 spiro atoms. The fraction of sp³-hybridized carbons (Fsp3) is 0.125. The molecule has 0 aliphatic rings. The van der Waals surface area contributed by atoms with E-state index in [9.17, 15) is 9.59 Å². The predicted octanol–water partition coefficient (Wildman–Crippen LogP) is 4.50. The number of rotatable bonds is 5. The summed E-state index contributed by atoms with van der Waals surface area (Å²) in [5.74, 6) is -0.567. The highest BCUT2D eigenvalue weighted by atomic mass is 32.1. The maximum atomic E-state index is 12.4. The summed E-state index contributed by atoms with van der Waals surface area (Å²) >= 11 is 5.25. The summed E-state index contributed by atoms with van der Waals surface area (Å²) in [5.41, 5.74) is 1.92. The van der Waals surface area contributed by atoms with Crippen molar-refractivity contribution in [3.05, 3.63) is 83.9 Å². The van der Waals surface area contributed by atoms with Crippen molar-refractivity contribution >= 4 is 51.7 Å². The van der Waals surface area contributed by atoms with Gasteiger partial charge in [0, 0.05) is 12.1 Å². The van der Waals surface area contributed by atoms with Crippen molar-refractivity contribution in [1.82, 2.24) is 10.6 Å². The highest BCUT2D eigenvalue weighted by Crippen LogP contribution is 2.19. The lowest BCUT2D eigenvalue weighted by atomic mass is 10.0. The van der Waals surface area contributed by atoms with Crippen molar-refractivity contribution in [2.45, 2.75) is 19.9 Å². The lowest BCUT2D eigenvalue weighted by Gasteiger charge is -2.14. The van der Waals surface area contributed by atoms with E-state index >= 15 is 0 Å². The van der Waals surface area contributed by atoms with Gasteiger partial charge in [0.25, 0.3) is 5.91 Å². The van der Waals surface area contributed by atoms with Crippen molar-refractivity contribution in [1.29, 1.82) is 0 Å². The maximum absolute atomic E-state index is 12.4. The minimum Gasteiger partial charge on any atom is -0.350 e. The average molecular weight is 418 g/mol. The number of fused-ring (bicyclic) bond motifs is 1. The lowest BCUT2D eigenvalue weighted by Crippen LogP contribution is -2.34. The van der Waals surface area contributed by atoms with Gasteiger partial charge in [-0.2, -0.15) is 0 Å². The number of benzene rings is 3. The molecule has 0 aliphatic carbocycles. The SMILES string of the molecule is CC(C)NC(=O)c1ccccc1NC(=S)NC(=O)C=Cc1cccc2ccccc12. The van der Waals surface area contributed by atoms with Crippen LogP contribution in [0.15, 0.2) is 72.8 Å². The van der Waals surface area contributed by atoms with Crippen LogP contribution in [-0.4, -0.2) is 23.0 Å². The van der Waals surface area contributed by atoms with E-state index in [-0.39, 0.29) is 23.0 Å². The number of carbonyl (C=O) groups excluding carboxylic acids is 2. The number of hydrogen-bond donors (Lipinski definition) is 3. The molecule has 0 heterocycles. The summed E-state index contributed by atoms with van der Waals surface area (Å²) in [6, 6.07) is 20.9. The Labute approximate surface area is 181 Å². The molecule has 0 atom stereocenters. The molecule has 0 saturated carbocycles.